The van der Waals surface area contributed by atoms with Crippen molar-refractivity contribution < 1.29 is 9.59 Å². The van der Waals surface area contributed by atoms with Gasteiger partial charge >= 0.3 is 12.1 Å². The molecule has 0 radical (unpaired) electrons. The van der Waals surface area contributed by atoms with E-state index >= 15 is 0 Å². The third-order valence-electron chi connectivity index (χ3n) is 3.57. The zero-order valence-electron chi connectivity index (χ0n) is 15.3. The Morgan fingerprint density at radius 1 is 0.792 bits per heavy atom. The quantitative estimate of drug-likeness (QED) is 0.261. The van der Waals surface area contributed by atoms with Crippen LogP contribution in [0.5, 0.6) is 0 Å². The molecule has 0 aromatic heterocycles. The van der Waals surface area contributed by atoms with Gasteiger partial charge in [0.05, 0.1) is 0 Å². The van der Waals surface area contributed by atoms with Gasteiger partial charge in [0.15, 0.2) is 0 Å². The van der Waals surface area contributed by atoms with Crippen molar-refractivity contribution in [3.05, 3.63) is 0 Å². The minimum atomic E-state index is -0.653. The molecule has 0 unspecified atom stereocenters. The molecule has 0 atom stereocenters. The number of urea groups is 2. The first kappa shape index (κ1) is 21.9. The van der Waals surface area contributed by atoms with Gasteiger partial charge in [-0.3, -0.25) is 0 Å². The summed E-state index contributed by atoms with van der Waals surface area (Å²) in [6.07, 6.45) is 9.88. The number of amides is 4. The molecule has 0 aromatic rings. The van der Waals surface area contributed by atoms with Gasteiger partial charge in [-0.05, 0) is 12.8 Å². The standard InChI is InChI=1S/C16H32N6O2/c1-15(2,11-19-21-13(17)23)9-7-5-6-8-10-16(3,4)12-20-22-14(18)24/h11-12H,5-10H2,1-4H3,(H3,17,21,23)(H3,18,22,24). The lowest BCUT2D eigenvalue weighted by atomic mass is 9.86. The van der Waals surface area contributed by atoms with Gasteiger partial charge in [0.2, 0.25) is 0 Å². The molecule has 138 valence electrons. The number of carbonyl (C=O) groups is 2. The molecule has 0 fully saturated rings. The van der Waals surface area contributed by atoms with Gasteiger partial charge in [-0.15, -0.1) is 0 Å². The Labute approximate surface area is 144 Å². The van der Waals surface area contributed by atoms with E-state index in [1.165, 1.54) is 0 Å². The maximum absolute atomic E-state index is 10.6. The fourth-order valence-electron chi connectivity index (χ4n) is 2.19. The highest BCUT2D eigenvalue weighted by molar-refractivity contribution is 5.74. The van der Waals surface area contributed by atoms with E-state index in [9.17, 15) is 9.59 Å². The van der Waals surface area contributed by atoms with Crippen LogP contribution < -0.4 is 22.3 Å². The van der Waals surface area contributed by atoms with Gasteiger partial charge in [0.1, 0.15) is 0 Å². The van der Waals surface area contributed by atoms with E-state index in [4.69, 9.17) is 11.5 Å². The number of nitrogens with zero attached hydrogens (tertiary/aromatic N) is 2. The second kappa shape index (κ2) is 10.6. The molecule has 0 spiro atoms. The Balaban J connectivity index is 3.89. The average Bonchev–Trinajstić information content (AvgIpc) is 2.41. The third-order valence-corrected chi connectivity index (χ3v) is 3.57. The third kappa shape index (κ3) is 13.5. The van der Waals surface area contributed by atoms with Crippen molar-refractivity contribution in [2.75, 3.05) is 0 Å². The summed E-state index contributed by atoms with van der Waals surface area (Å²) in [6, 6.07) is -1.31. The molecule has 24 heavy (non-hydrogen) atoms. The first-order chi connectivity index (χ1) is 11.0. The summed E-state index contributed by atoms with van der Waals surface area (Å²) >= 11 is 0. The maximum Gasteiger partial charge on any atom is 0.332 e. The van der Waals surface area contributed by atoms with Crippen LogP contribution in [0.3, 0.4) is 0 Å². The lowest BCUT2D eigenvalue weighted by Gasteiger charge is -2.20. The molecule has 0 rings (SSSR count). The van der Waals surface area contributed by atoms with Crippen LogP contribution in [0.15, 0.2) is 10.2 Å². The van der Waals surface area contributed by atoms with Crippen LogP contribution in [-0.2, 0) is 0 Å². The van der Waals surface area contributed by atoms with Crippen LogP contribution in [0, 0.1) is 10.8 Å². The van der Waals surface area contributed by atoms with E-state index in [-0.39, 0.29) is 10.8 Å². The zero-order valence-corrected chi connectivity index (χ0v) is 15.3. The lowest BCUT2D eigenvalue weighted by molar-refractivity contribution is 0.248. The number of nitrogens with one attached hydrogen (secondary N) is 2. The number of carbonyl (C=O) groups excluding carboxylic acids is 2. The minimum Gasteiger partial charge on any atom is -0.350 e. The van der Waals surface area contributed by atoms with Crippen LogP contribution in [0.1, 0.15) is 66.2 Å². The number of hydrogen-bond acceptors (Lipinski definition) is 4. The SMILES string of the molecule is CC(C)(C=NNC(N)=O)CCCCCCC(C)(C)C=NNC(N)=O. The van der Waals surface area contributed by atoms with E-state index < -0.39 is 12.1 Å². The molecule has 8 heteroatoms. The topological polar surface area (TPSA) is 135 Å². The largest absolute Gasteiger partial charge is 0.350 e. The predicted molar refractivity (Wildman–Crippen MR) is 97.7 cm³/mol. The zero-order chi connectivity index (χ0) is 18.6. The highest BCUT2D eigenvalue weighted by Gasteiger charge is 2.16. The Morgan fingerprint density at radius 3 is 1.42 bits per heavy atom. The molecular formula is C16H32N6O2. The van der Waals surface area contributed by atoms with E-state index in [2.05, 4.69) is 48.7 Å². The second-order valence-corrected chi connectivity index (χ2v) is 7.36. The van der Waals surface area contributed by atoms with Crippen molar-refractivity contribution in [3.8, 4) is 0 Å². The van der Waals surface area contributed by atoms with Gasteiger partial charge in [0, 0.05) is 23.3 Å². The van der Waals surface area contributed by atoms with Crippen molar-refractivity contribution in [1.29, 1.82) is 0 Å². The van der Waals surface area contributed by atoms with Crippen molar-refractivity contribution in [2.45, 2.75) is 66.2 Å². The fourth-order valence-corrected chi connectivity index (χ4v) is 2.19. The Hall–Kier alpha value is -2.12. The molecule has 0 aromatic carbocycles. The van der Waals surface area contributed by atoms with Crippen molar-refractivity contribution in [2.24, 2.45) is 32.5 Å². The molecular weight excluding hydrogens is 308 g/mol. The minimum absolute atomic E-state index is 0.0746. The van der Waals surface area contributed by atoms with Crippen LogP contribution in [0.25, 0.3) is 0 Å². The normalized spacial score (nSPS) is 12.7. The molecule has 4 amide bonds. The Morgan fingerprint density at radius 2 is 1.12 bits per heavy atom. The Kier molecular flexibility index (Phi) is 9.68. The molecule has 8 nitrogen and oxygen atoms in total. The van der Waals surface area contributed by atoms with Gasteiger partial charge < -0.3 is 11.5 Å². The van der Waals surface area contributed by atoms with Crippen molar-refractivity contribution in [3.63, 3.8) is 0 Å². The van der Waals surface area contributed by atoms with Gasteiger partial charge in [-0.1, -0.05) is 53.4 Å². The summed E-state index contributed by atoms with van der Waals surface area (Å²) in [6.45, 7) is 8.30. The number of unbranched alkanes of at least 4 members (excludes halogenated alkanes) is 3. The number of rotatable bonds is 11. The smallest absolute Gasteiger partial charge is 0.332 e. The molecule has 0 saturated heterocycles. The summed E-state index contributed by atoms with van der Waals surface area (Å²) in [5, 5.41) is 7.66. The monoisotopic (exact) mass is 340 g/mol. The molecule has 0 heterocycles. The van der Waals surface area contributed by atoms with E-state index in [1.807, 2.05) is 0 Å². The summed E-state index contributed by atoms with van der Waals surface area (Å²) in [7, 11) is 0. The fraction of sp³-hybridized carbons (Fsp3) is 0.750. The van der Waals surface area contributed by atoms with Gasteiger partial charge in [-0.2, -0.15) is 10.2 Å². The van der Waals surface area contributed by atoms with Crippen LogP contribution in [0.4, 0.5) is 9.59 Å². The maximum atomic E-state index is 10.6. The number of hydrogen-bond donors (Lipinski definition) is 4. The lowest BCUT2D eigenvalue weighted by Crippen LogP contribution is -2.26. The highest BCUT2D eigenvalue weighted by atomic mass is 16.2. The number of nitrogens with two attached hydrogens (primary N) is 2. The van der Waals surface area contributed by atoms with Crippen molar-refractivity contribution >= 4 is 24.5 Å². The number of primary amides is 2. The molecule has 0 aliphatic heterocycles. The molecule has 0 aliphatic rings. The van der Waals surface area contributed by atoms with E-state index in [1.54, 1.807) is 12.4 Å². The average molecular weight is 340 g/mol. The van der Waals surface area contributed by atoms with Crippen LogP contribution in [0.2, 0.25) is 0 Å². The van der Waals surface area contributed by atoms with E-state index in [0.717, 1.165) is 38.5 Å². The predicted octanol–water partition coefficient (Wildman–Crippen LogP) is 2.69. The first-order valence-corrected chi connectivity index (χ1v) is 8.23. The molecule has 0 saturated carbocycles. The second-order valence-electron chi connectivity index (χ2n) is 7.36. The van der Waals surface area contributed by atoms with E-state index in [0.29, 0.717) is 0 Å². The number of hydrazone groups is 2. The van der Waals surface area contributed by atoms with Gasteiger partial charge in [-0.25, -0.2) is 20.4 Å². The molecule has 0 bridgehead atoms. The molecule has 0 aliphatic carbocycles. The Bertz CT molecular complexity index is 415. The summed E-state index contributed by atoms with van der Waals surface area (Å²) in [4.78, 5) is 21.1. The van der Waals surface area contributed by atoms with Gasteiger partial charge in [0.25, 0.3) is 0 Å². The molecule has 6 N–H and O–H groups in total. The summed E-state index contributed by atoms with van der Waals surface area (Å²) in [5.41, 5.74) is 14.2. The van der Waals surface area contributed by atoms with Crippen LogP contribution >= 0.6 is 0 Å². The summed E-state index contributed by atoms with van der Waals surface area (Å²) < 4.78 is 0. The highest BCUT2D eigenvalue weighted by Crippen LogP contribution is 2.24. The first-order valence-electron chi connectivity index (χ1n) is 8.23. The summed E-state index contributed by atoms with van der Waals surface area (Å²) in [5.74, 6) is 0. The van der Waals surface area contributed by atoms with Crippen LogP contribution in [-0.4, -0.2) is 24.5 Å². The van der Waals surface area contributed by atoms with Crippen molar-refractivity contribution in [1.82, 2.24) is 10.9 Å².